The van der Waals surface area contributed by atoms with Crippen molar-refractivity contribution >= 4 is 17.7 Å². The Morgan fingerprint density at radius 1 is 1.26 bits per heavy atom. The number of carboxylic acids is 1. The zero-order valence-electron chi connectivity index (χ0n) is 10.3. The van der Waals surface area contributed by atoms with E-state index in [0.717, 1.165) is 12.1 Å². The first kappa shape index (κ1) is 14.9. The fourth-order valence-corrected chi connectivity index (χ4v) is 1.35. The number of rotatable bonds is 5. The van der Waals surface area contributed by atoms with Crippen molar-refractivity contribution in [2.75, 3.05) is 11.9 Å². The molecule has 0 atom stereocenters. The Hall–Kier alpha value is -2.18. The van der Waals surface area contributed by atoms with Crippen molar-refractivity contribution in [3.63, 3.8) is 0 Å². The van der Waals surface area contributed by atoms with E-state index in [2.05, 4.69) is 10.6 Å². The standard InChI is InChI=1S/C12H14F2N2O3/c1-7-5-9(14)10(6-8(7)13)16-12(19)15-4-2-3-11(17)18/h5-6H,2-4H2,1H3,(H,17,18)(H2,15,16,19). The second kappa shape index (κ2) is 6.67. The van der Waals surface area contributed by atoms with E-state index in [1.807, 2.05) is 0 Å². The van der Waals surface area contributed by atoms with E-state index in [-0.39, 0.29) is 30.6 Å². The van der Waals surface area contributed by atoms with Gasteiger partial charge < -0.3 is 15.7 Å². The fraction of sp³-hybridized carbons (Fsp3) is 0.333. The highest BCUT2D eigenvalue weighted by atomic mass is 19.1. The lowest BCUT2D eigenvalue weighted by atomic mass is 10.2. The van der Waals surface area contributed by atoms with Crippen LogP contribution in [0.15, 0.2) is 12.1 Å². The van der Waals surface area contributed by atoms with Crippen LogP contribution < -0.4 is 10.6 Å². The molecule has 2 amide bonds. The summed E-state index contributed by atoms with van der Waals surface area (Å²) in [5, 5.41) is 12.9. The third-order valence-electron chi connectivity index (χ3n) is 2.35. The molecule has 0 aliphatic carbocycles. The summed E-state index contributed by atoms with van der Waals surface area (Å²) in [5.74, 6) is -2.32. The van der Waals surface area contributed by atoms with Crippen molar-refractivity contribution in [2.45, 2.75) is 19.8 Å². The van der Waals surface area contributed by atoms with E-state index in [0.29, 0.717) is 0 Å². The molecule has 0 spiro atoms. The van der Waals surface area contributed by atoms with Crippen LogP contribution in [0, 0.1) is 18.6 Å². The van der Waals surface area contributed by atoms with Crippen molar-refractivity contribution in [1.82, 2.24) is 5.32 Å². The monoisotopic (exact) mass is 272 g/mol. The number of urea groups is 1. The first-order valence-corrected chi connectivity index (χ1v) is 5.62. The van der Waals surface area contributed by atoms with Gasteiger partial charge in [-0.15, -0.1) is 0 Å². The third kappa shape index (κ3) is 4.90. The predicted octanol–water partition coefficient (Wildman–Crippen LogP) is 2.26. The van der Waals surface area contributed by atoms with Crippen LogP contribution in [0.2, 0.25) is 0 Å². The molecule has 1 aromatic rings. The third-order valence-corrected chi connectivity index (χ3v) is 2.35. The number of hydrogen-bond donors (Lipinski definition) is 3. The number of aryl methyl sites for hydroxylation is 1. The maximum absolute atomic E-state index is 13.4. The van der Waals surface area contributed by atoms with Gasteiger partial charge in [0.05, 0.1) is 5.69 Å². The number of halogens is 2. The summed E-state index contributed by atoms with van der Waals surface area (Å²) >= 11 is 0. The van der Waals surface area contributed by atoms with Gasteiger partial charge in [0.25, 0.3) is 0 Å². The number of anilines is 1. The Bertz CT molecular complexity index is 492. The summed E-state index contributed by atoms with van der Waals surface area (Å²) in [4.78, 5) is 21.6. The van der Waals surface area contributed by atoms with E-state index >= 15 is 0 Å². The van der Waals surface area contributed by atoms with Gasteiger partial charge in [-0.2, -0.15) is 0 Å². The van der Waals surface area contributed by atoms with Gasteiger partial charge >= 0.3 is 12.0 Å². The normalized spacial score (nSPS) is 10.1. The van der Waals surface area contributed by atoms with Gasteiger partial charge in [0.2, 0.25) is 0 Å². The smallest absolute Gasteiger partial charge is 0.319 e. The van der Waals surface area contributed by atoms with Crippen molar-refractivity contribution in [3.8, 4) is 0 Å². The maximum Gasteiger partial charge on any atom is 0.319 e. The summed E-state index contributed by atoms with van der Waals surface area (Å²) in [5.41, 5.74) is -0.122. The molecule has 0 aliphatic rings. The van der Waals surface area contributed by atoms with E-state index in [4.69, 9.17) is 5.11 Å². The quantitative estimate of drug-likeness (QED) is 0.719. The van der Waals surface area contributed by atoms with Crippen molar-refractivity contribution < 1.29 is 23.5 Å². The number of carbonyl (C=O) groups excluding carboxylic acids is 1. The lowest BCUT2D eigenvalue weighted by Gasteiger charge is -2.09. The number of aliphatic carboxylic acids is 1. The lowest BCUT2D eigenvalue weighted by Crippen LogP contribution is -2.30. The molecule has 0 fully saturated rings. The minimum atomic E-state index is -0.964. The molecule has 0 unspecified atom stereocenters. The molecule has 0 aromatic heterocycles. The predicted molar refractivity (Wildman–Crippen MR) is 65.0 cm³/mol. The summed E-state index contributed by atoms with van der Waals surface area (Å²) in [6, 6.07) is 1.16. The lowest BCUT2D eigenvalue weighted by molar-refractivity contribution is -0.137. The molecule has 0 radical (unpaired) electrons. The zero-order chi connectivity index (χ0) is 14.4. The molecule has 1 rings (SSSR count). The van der Waals surface area contributed by atoms with Crippen LogP contribution in [0.4, 0.5) is 19.3 Å². The average Bonchev–Trinajstić information content (AvgIpc) is 2.31. The molecule has 0 aliphatic heterocycles. The van der Waals surface area contributed by atoms with E-state index < -0.39 is 23.6 Å². The summed E-state index contributed by atoms with van der Waals surface area (Å²) in [7, 11) is 0. The molecular weight excluding hydrogens is 258 g/mol. The summed E-state index contributed by atoms with van der Waals surface area (Å²) < 4.78 is 26.6. The highest BCUT2D eigenvalue weighted by Crippen LogP contribution is 2.18. The first-order chi connectivity index (χ1) is 8.90. The molecule has 0 saturated carbocycles. The Morgan fingerprint density at radius 2 is 1.95 bits per heavy atom. The maximum atomic E-state index is 13.4. The van der Waals surface area contributed by atoms with Gasteiger partial charge in [0.15, 0.2) is 0 Å². The molecule has 0 heterocycles. The van der Waals surface area contributed by atoms with Crippen LogP contribution in [0.1, 0.15) is 18.4 Å². The number of nitrogens with one attached hydrogen (secondary N) is 2. The van der Waals surface area contributed by atoms with Crippen molar-refractivity contribution in [1.29, 1.82) is 0 Å². The number of carbonyl (C=O) groups is 2. The molecule has 0 saturated heterocycles. The minimum Gasteiger partial charge on any atom is -0.481 e. The molecule has 0 bridgehead atoms. The topological polar surface area (TPSA) is 78.4 Å². The van der Waals surface area contributed by atoms with E-state index in [1.165, 1.54) is 6.92 Å². The molecule has 19 heavy (non-hydrogen) atoms. The second-order valence-corrected chi connectivity index (χ2v) is 3.96. The molecule has 104 valence electrons. The van der Waals surface area contributed by atoms with Gasteiger partial charge in [0.1, 0.15) is 11.6 Å². The van der Waals surface area contributed by atoms with E-state index in [9.17, 15) is 18.4 Å². The SMILES string of the molecule is Cc1cc(F)c(NC(=O)NCCCC(=O)O)cc1F. The van der Waals surface area contributed by atoms with Crippen molar-refractivity contribution in [2.24, 2.45) is 0 Å². The van der Waals surface area contributed by atoms with Crippen LogP contribution in [0.3, 0.4) is 0 Å². The summed E-state index contributed by atoms with van der Waals surface area (Å²) in [6.45, 7) is 1.54. The van der Waals surface area contributed by atoms with Crippen molar-refractivity contribution in [3.05, 3.63) is 29.3 Å². The number of hydrogen-bond acceptors (Lipinski definition) is 2. The number of amides is 2. The Morgan fingerprint density at radius 3 is 2.58 bits per heavy atom. The van der Waals surface area contributed by atoms with Crippen LogP contribution in [-0.2, 0) is 4.79 Å². The Balaban J connectivity index is 2.48. The fourth-order valence-electron chi connectivity index (χ4n) is 1.35. The van der Waals surface area contributed by atoms with Gasteiger partial charge in [-0.1, -0.05) is 0 Å². The van der Waals surface area contributed by atoms with Gasteiger partial charge in [-0.25, -0.2) is 13.6 Å². The molecule has 7 heteroatoms. The Kier molecular flexibility index (Phi) is 5.23. The van der Waals surface area contributed by atoms with Gasteiger partial charge in [-0.05, 0) is 25.0 Å². The Labute approximate surface area is 108 Å². The average molecular weight is 272 g/mol. The minimum absolute atomic E-state index is 0.0756. The number of carboxylic acid groups (broad SMARTS) is 1. The first-order valence-electron chi connectivity index (χ1n) is 5.62. The van der Waals surface area contributed by atoms with Crippen LogP contribution in [-0.4, -0.2) is 23.7 Å². The second-order valence-electron chi connectivity index (χ2n) is 3.96. The van der Waals surface area contributed by atoms with Gasteiger partial charge in [-0.3, -0.25) is 4.79 Å². The highest BCUT2D eigenvalue weighted by molar-refractivity contribution is 5.89. The molecule has 5 nitrogen and oxygen atoms in total. The van der Waals surface area contributed by atoms with Crippen LogP contribution in [0.5, 0.6) is 0 Å². The van der Waals surface area contributed by atoms with Gasteiger partial charge in [0, 0.05) is 19.0 Å². The molecular formula is C12H14F2N2O3. The zero-order valence-corrected chi connectivity index (χ0v) is 10.3. The molecule has 3 N–H and O–H groups in total. The summed E-state index contributed by atoms with van der Waals surface area (Å²) in [6.07, 6.45) is 0.182. The number of benzene rings is 1. The van der Waals surface area contributed by atoms with Crippen LogP contribution >= 0.6 is 0 Å². The highest BCUT2D eigenvalue weighted by Gasteiger charge is 2.10. The molecule has 1 aromatic carbocycles. The van der Waals surface area contributed by atoms with E-state index in [1.54, 1.807) is 0 Å². The van der Waals surface area contributed by atoms with Crippen LogP contribution in [0.25, 0.3) is 0 Å². The largest absolute Gasteiger partial charge is 0.481 e.